The Hall–Kier alpha value is -0.450. The molecule has 3 nitrogen and oxygen atoms in total. The van der Waals surface area contributed by atoms with Gasteiger partial charge in [-0.2, -0.15) is 0 Å². The molecule has 0 aromatic carbocycles. The van der Waals surface area contributed by atoms with Crippen molar-refractivity contribution in [2.45, 2.75) is 33.4 Å². The zero-order valence-electron chi connectivity index (χ0n) is 9.71. The molecule has 1 fully saturated rings. The van der Waals surface area contributed by atoms with Gasteiger partial charge in [-0.15, -0.1) is 11.3 Å². The van der Waals surface area contributed by atoms with E-state index in [0.29, 0.717) is 0 Å². The lowest BCUT2D eigenvalue weighted by Crippen LogP contribution is -2.56. The van der Waals surface area contributed by atoms with Gasteiger partial charge in [0.2, 0.25) is 0 Å². The minimum absolute atomic E-state index is 0.733. The molecule has 0 saturated carbocycles. The molecule has 1 aliphatic rings. The Morgan fingerprint density at radius 1 is 1.47 bits per heavy atom. The number of aryl methyl sites for hydroxylation is 2. The summed E-state index contributed by atoms with van der Waals surface area (Å²) in [5.74, 6) is 0. The Balaban J connectivity index is 2.02. The summed E-state index contributed by atoms with van der Waals surface area (Å²) in [6.07, 6.45) is 0. The first-order chi connectivity index (χ1) is 7.20. The zero-order valence-corrected chi connectivity index (χ0v) is 10.5. The molecule has 2 heterocycles. The van der Waals surface area contributed by atoms with Crippen LogP contribution in [0.2, 0.25) is 0 Å². The summed E-state index contributed by atoms with van der Waals surface area (Å²) in [5.41, 5.74) is 1.21. The van der Waals surface area contributed by atoms with Crippen molar-refractivity contribution in [1.29, 1.82) is 0 Å². The largest absolute Gasteiger partial charge is 0.314 e. The lowest BCUT2D eigenvalue weighted by molar-refractivity contribution is 0.146. The first-order valence-electron chi connectivity index (χ1n) is 5.58. The quantitative estimate of drug-likeness (QED) is 0.843. The van der Waals surface area contributed by atoms with Crippen molar-refractivity contribution in [3.63, 3.8) is 0 Å². The normalized spacial score (nSPS) is 17.1. The average Bonchev–Trinajstić information content (AvgIpc) is 2.41. The summed E-state index contributed by atoms with van der Waals surface area (Å²) >= 11 is 1.84. The third kappa shape index (κ3) is 2.38. The molecule has 4 heteroatoms. The molecule has 2 rings (SSSR count). The molecule has 0 amide bonds. The highest BCUT2D eigenvalue weighted by Crippen LogP contribution is 2.20. The molecule has 1 saturated heterocycles. The monoisotopic (exact) mass is 225 g/mol. The van der Waals surface area contributed by atoms with E-state index in [1.165, 1.54) is 15.6 Å². The second-order valence-electron chi connectivity index (χ2n) is 4.12. The molecule has 1 aliphatic heterocycles. The zero-order chi connectivity index (χ0) is 10.8. The fourth-order valence-electron chi connectivity index (χ4n) is 1.94. The molecule has 0 unspecified atom stereocenters. The van der Waals surface area contributed by atoms with E-state index < -0.39 is 0 Å². The van der Waals surface area contributed by atoms with E-state index in [2.05, 4.69) is 36.0 Å². The molecule has 1 N–H and O–H groups in total. The summed E-state index contributed by atoms with van der Waals surface area (Å²) in [5, 5.41) is 4.51. The number of likely N-dealkylation sites (N-methyl/N-ethyl adjacent to an activating group) is 1. The molecule has 0 aliphatic carbocycles. The van der Waals surface area contributed by atoms with Gasteiger partial charge >= 0.3 is 0 Å². The standard InChI is InChI=1S/C11H19N3S/c1-4-14(10-5-12-6-10)7-11-8(2)13-9(3)15-11/h10,12H,4-7H2,1-3H3. The molecule has 1 aromatic rings. The highest BCUT2D eigenvalue weighted by molar-refractivity contribution is 7.11. The maximum Gasteiger partial charge on any atom is 0.0900 e. The number of nitrogens with one attached hydrogen (secondary N) is 1. The van der Waals surface area contributed by atoms with E-state index in [0.717, 1.165) is 32.2 Å². The van der Waals surface area contributed by atoms with Crippen LogP contribution < -0.4 is 5.32 Å². The van der Waals surface area contributed by atoms with Crippen molar-refractivity contribution in [2.24, 2.45) is 0 Å². The molecule has 0 spiro atoms. The van der Waals surface area contributed by atoms with Gasteiger partial charge in [0.1, 0.15) is 0 Å². The number of hydrogen-bond donors (Lipinski definition) is 1. The van der Waals surface area contributed by atoms with Crippen molar-refractivity contribution < 1.29 is 0 Å². The van der Waals surface area contributed by atoms with Crippen LogP contribution in [0.5, 0.6) is 0 Å². The number of aromatic nitrogens is 1. The van der Waals surface area contributed by atoms with E-state index in [-0.39, 0.29) is 0 Å². The average molecular weight is 225 g/mol. The highest BCUT2D eigenvalue weighted by Gasteiger charge is 2.24. The molecule has 0 bridgehead atoms. The Morgan fingerprint density at radius 2 is 2.20 bits per heavy atom. The second-order valence-corrected chi connectivity index (χ2v) is 5.40. The topological polar surface area (TPSA) is 28.2 Å². The number of nitrogens with zero attached hydrogens (tertiary/aromatic N) is 2. The van der Waals surface area contributed by atoms with Crippen LogP contribution in [-0.2, 0) is 6.54 Å². The predicted molar refractivity (Wildman–Crippen MR) is 64.3 cm³/mol. The molecular weight excluding hydrogens is 206 g/mol. The van der Waals surface area contributed by atoms with Crippen molar-refractivity contribution in [3.05, 3.63) is 15.6 Å². The van der Waals surface area contributed by atoms with Gasteiger partial charge in [-0.25, -0.2) is 4.98 Å². The summed E-state index contributed by atoms with van der Waals surface area (Å²) in [7, 11) is 0. The molecular formula is C11H19N3S. The van der Waals surface area contributed by atoms with Crippen LogP contribution in [0.1, 0.15) is 22.5 Å². The first-order valence-corrected chi connectivity index (χ1v) is 6.40. The van der Waals surface area contributed by atoms with Crippen LogP contribution in [0, 0.1) is 13.8 Å². The lowest BCUT2D eigenvalue weighted by atomic mass is 10.1. The van der Waals surface area contributed by atoms with Crippen LogP contribution in [-0.4, -0.2) is 35.6 Å². The molecule has 15 heavy (non-hydrogen) atoms. The van der Waals surface area contributed by atoms with E-state index in [1.54, 1.807) is 0 Å². The summed E-state index contributed by atoms with van der Waals surface area (Å²) in [6.45, 7) is 10.9. The van der Waals surface area contributed by atoms with Crippen LogP contribution in [0.15, 0.2) is 0 Å². The summed E-state index contributed by atoms with van der Waals surface area (Å²) in [6, 6.07) is 0.733. The Kier molecular flexibility index (Phi) is 3.38. The number of thiazole rings is 1. The van der Waals surface area contributed by atoms with Crippen molar-refractivity contribution >= 4 is 11.3 Å². The van der Waals surface area contributed by atoms with Crippen LogP contribution in [0.4, 0.5) is 0 Å². The Bertz CT molecular complexity index is 331. The van der Waals surface area contributed by atoms with Gasteiger partial charge < -0.3 is 5.32 Å². The van der Waals surface area contributed by atoms with E-state index in [1.807, 2.05) is 11.3 Å². The fraction of sp³-hybridized carbons (Fsp3) is 0.727. The SMILES string of the molecule is CCN(Cc1sc(C)nc1C)C1CNC1. The van der Waals surface area contributed by atoms with E-state index in [4.69, 9.17) is 0 Å². The van der Waals surface area contributed by atoms with Crippen molar-refractivity contribution in [3.8, 4) is 0 Å². The van der Waals surface area contributed by atoms with Crippen LogP contribution in [0.3, 0.4) is 0 Å². The molecule has 84 valence electrons. The fourth-order valence-corrected chi connectivity index (χ4v) is 2.90. The summed E-state index contributed by atoms with van der Waals surface area (Å²) in [4.78, 5) is 8.45. The van der Waals surface area contributed by atoms with Gasteiger partial charge in [-0.3, -0.25) is 4.90 Å². The van der Waals surface area contributed by atoms with Crippen LogP contribution >= 0.6 is 11.3 Å². The molecule has 0 atom stereocenters. The highest BCUT2D eigenvalue weighted by atomic mass is 32.1. The first kappa shape index (κ1) is 11.0. The molecule has 0 radical (unpaired) electrons. The summed E-state index contributed by atoms with van der Waals surface area (Å²) < 4.78 is 0. The maximum absolute atomic E-state index is 4.48. The van der Waals surface area contributed by atoms with Gasteiger partial charge in [-0.1, -0.05) is 6.92 Å². The Morgan fingerprint density at radius 3 is 2.60 bits per heavy atom. The van der Waals surface area contributed by atoms with Gasteiger partial charge in [0, 0.05) is 30.6 Å². The van der Waals surface area contributed by atoms with E-state index >= 15 is 0 Å². The minimum atomic E-state index is 0.733. The number of rotatable bonds is 4. The minimum Gasteiger partial charge on any atom is -0.314 e. The van der Waals surface area contributed by atoms with Gasteiger partial charge in [-0.05, 0) is 20.4 Å². The van der Waals surface area contributed by atoms with Gasteiger partial charge in [0.25, 0.3) is 0 Å². The maximum atomic E-state index is 4.48. The van der Waals surface area contributed by atoms with Gasteiger partial charge in [0.15, 0.2) is 0 Å². The second kappa shape index (κ2) is 4.60. The third-order valence-corrected chi connectivity index (χ3v) is 4.09. The predicted octanol–water partition coefficient (Wildman–Crippen LogP) is 1.55. The lowest BCUT2D eigenvalue weighted by Gasteiger charge is -2.37. The number of hydrogen-bond acceptors (Lipinski definition) is 4. The van der Waals surface area contributed by atoms with Crippen molar-refractivity contribution in [2.75, 3.05) is 19.6 Å². The van der Waals surface area contributed by atoms with Gasteiger partial charge in [0.05, 0.1) is 10.7 Å². The third-order valence-electron chi connectivity index (χ3n) is 3.03. The van der Waals surface area contributed by atoms with Crippen LogP contribution in [0.25, 0.3) is 0 Å². The smallest absolute Gasteiger partial charge is 0.0900 e. The Labute approximate surface area is 95.5 Å². The van der Waals surface area contributed by atoms with E-state index in [9.17, 15) is 0 Å². The van der Waals surface area contributed by atoms with Crippen molar-refractivity contribution in [1.82, 2.24) is 15.2 Å². The molecule has 1 aromatic heterocycles.